The van der Waals surface area contributed by atoms with E-state index in [1.54, 1.807) is 6.20 Å². The molecule has 0 unspecified atom stereocenters. The van der Waals surface area contributed by atoms with Crippen LogP contribution in [0.5, 0.6) is 0 Å². The fourth-order valence-corrected chi connectivity index (χ4v) is 5.75. The monoisotopic (exact) mass is 551 g/mol. The molecule has 2 N–H and O–H groups in total. The van der Waals surface area contributed by atoms with E-state index in [1.807, 2.05) is 17.7 Å². The zero-order valence-corrected chi connectivity index (χ0v) is 22.8. The number of halogens is 2. The quantitative estimate of drug-likeness (QED) is 0.408. The Balaban J connectivity index is 1.29. The first kappa shape index (κ1) is 27.8. The standard InChI is InChI=1S/C30H35F2N5O3/c1-3-40-29(39)20-8-11-36(12-9-20)27-14-19(2)4-5-21(27)18-37-13-10-34-30(37)35-28(38)25-17-33-16-24(25)23-7-6-22(31)15-26(23)32/h4-7,10,13-15,20,24-25,33H,3,8-9,11-12,16-18H2,1-2H3,(H,34,35,38)/t24-,25+/m0/s1. The van der Waals surface area contributed by atoms with Crippen LogP contribution >= 0.6 is 0 Å². The third kappa shape index (κ3) is 6.01. The smallest absolute Gasteiger partial charge is 0.309 e. The fraction of sp³-hybridized carbons (Fsp3) is 0.433. The Morgan fingerprint density at radius 2 is 1.93 bits per heavy atom. The van der Waals surface area contributed by atoms with Crippen LogP contribution in [0, 0.1) is 30.4 Å². The summed E-state index contributed by atoms with van der Waals surface area (Å²) in [6.45, 7) is 7.08. The number of ether oxygens (including phenoxy) is 1. The molecule has 0 spiro atoms. The van der Waals surface area contributed by atoms with Gasteiger partial charge in [0.1, 0.15) is 11.6 Å². The highest BCUT2D eigenvalue weighted by molar-refractivity contribution is 5.92. The maximum atomic E-state index is 14.5. The maximum Gasteiger partial charge on any atom is 0.309 e. The first-order valence-corrected chi connectivity index (χ1v) is 13.8. The number of imidazole rings is 1. The molecular weight excluding hydrogens is 516 g/mol. The average molecular weight is 552 g/mol. The zero-order chi connectivity index (χ0) is 28.2. The summed E-state index contributed by atoms with van der Waals surface area (Å²) < 4.78 is 35.0. The van der Waals surface area contributed by atoms with E-state index in [2.05, 4.69) is 45.6 Å². The third-order valence-electron chi connectivity index (χ3n) is 7.90. The van der Waals surface area contributed by atoms with Crippen LogP contribution in [0.1, 0.15) is 42.4 Å². The summed E-state index contributed by atoms with van der Waals surface area (Å²) in [5.74, 6) is -2.28. The number of carbonyl (C=O) groups is 2. The van der Waals surface area contributed by atoms with Crippen LogP contribution in [0.3, 0.4) is 0 Å². The molecule has 2 atom stereocenters. The van der Waals surface area contributed by atoms with Gasteiger partial charge in [0.2, 0.25) is 11.9 Å². The van der Waals surface area contributed by atoms with E-state index < -0.39 is 23.5 Å². The highest BCUT2D eigenvalue weighted by atomic mass is 19.1. The number of nitrogens with zero attached hydrogens (tertiary/aromatic N) is 3. The van der Waals surface area contributed by atoms with E-state index in [1.165, 1.54) is 12.1 Å². The summed E-state index contributed by atoms with van der Waals surface area (Å²) >= 11 is 0. The number of anilines is 2. The summed E-state index contributed by atoms with van der Waals surface area (Å²) in [5, 5.41) is 6.10. The van der Waals surface area contributed by atoms with Crippen molar-refractivity contribution in [3.63, 3.8) is 0 Å². The maximum absolute atomic E-state index is 14.5. The number of aryl methyl sites for hydroxylation is 1. The van der Waals surface area contributed by atoms with Crippen LogP contribution in [0.4, 0.5) is 20.4 Å². The Bertz CT molecular complexity index is 1370. The summed E-state index contributed by atoms with van der Waals surface area (Å²) in [6.07, 6.45) is 4.93. The predicted molar refractivity (Wildman–Crippen MR) is 148 cm³/mol. The Morgan fingerprint density at radius 1 is 1.12 bits per heavy atom. The average Bonchev–Trinajstić information content (AvgIpc) is 3.60. The van der Waals surface area contributed by atoms with Crippen molar-refractivity contribution in [3.05, 3.63) is 77.1 Å². The van der Waals surface area contributed by atoms with Crippen LogP contribution in [-0.4, -0.2) is 54.2 Å². The van der Waals surface area contributed by atoms with Gasteiger partial charge in [0.15, 0.2) is 0 Å². The first-order valence-electron chi connectivity index (χ1n) is 13.8. The second-order valence-corrected chi connectivity index (χ2v) is 10.6. The number of aromatic nitrogens is 2. The van der Waals surface area contributed by atoms with Gasteiger partial charge in [-0.25, -0.2) is 13.8 Å². The number of piperidine rings is 1. The highest BCUT2D eigenvalue weighted by Crippen LogP contribution is 2.32. The molecular formula is C30H35F2N5O3. The third-order valence-corrected chi connectivity index (χ3v) is 7.90. The minimum atomic E-state index is -0.647. The lowest BCUT2D eigenvalue weighted by atomic mass is 9.88. The van der Waals surface area contributed by atoms with Gasteiger partial charge in [-0.05, 0) is 55.5 Å². The number of esters is 1. The van der Waals surface area contributed by atoms with Gasteiger partial charge in [0, 0.05) is 56.2 Å². The lowest BCUT2D eigenvalue weighted by molar-refractivity contribution is -0.148. The van der Waals surface area contributed by atoms with E-state index in [0.29, 0.717) is 37.8 Å². The number of hydrogen-bond donors (Lipinski definition) is 2. The van der Waals surface area contributed by atoms with E-state index in [4.69, 9.17) is 4.74 Å². The van der Waals surface area contributed by atoms with Gasteiger partial charge in [0.05, 0.1) is 25.0 Å². The SMILES string of the molecule is CCOC(=O)C1CCN(c2cc(C)ccc2Cn2ccnc2NC(=O)[C@@H]2CNC[C@H]2c2ccc(F)cc2F)CC1. The van der Waals surface area contributed by atoms with Crippen LogP contribution < -0.4 is 15.5 Å². The van der Waals surface area contributed by atoms with Crippen molar-refractivity contribution in [1.82, 2.24) is 14.9 Å². The van der Waals surface area contributed by atoms with Crippen molar-refractivity contribution < 1.29 is 23.1 Å². The molecule has 0 radical (unpaired) electrons. The predicted octanol–water partition coefficient (Wildman–Crippen LogP) is 4.24. The van der Waals surface area contributed by atoms with Crippen molar-refractivity contribution >= 4 is 23.5 Å². The molecule has 1 amide bonds. The molecule has 10 heteroatoms. The molecule has 2 fully saturated rings. The minimum Gasteiger partial charge on any atom is -0.466 e. The topological polar surface area (TPSA) is 88.5 Å². The zero-order valence-electron chi connectivity index (χ0n) is 22.8. The number of amides is 1. The number of carbonyl (C=O) groups excluding carboxylic acids is 2. The normalized spacial score (nSPS) is 19.6. The van der Waals surface area contributed by atoms with Gasteiger partial charge >= 0.3 is 5.97 Å². The van der Waals surface area contributed by atoms with Crippen molar-refractivity contribution in [3.8, 4) is 0 Å². The Kier molecular flexibility index (Phi) is 8.44. The minimum absolute atomic E-state index is 0.0720. The van der Waals surface area contributed by atoms with Crippen molar-refractivity contribution in [2.45, 2.75) is 39.2 Å². The first-order chi connectivity index (χ1) is 19.3. The summed E-state index contributed by atoms with van der Waals surface area (Å²) in [7, 11) is 0. The fourth-order valence-electron chi connectivity index (χ4n) is 5.75. The Morgan fingerprint density at radius 3 is 2.67 bits per heavy atom. The van der Waals surface area contributed by atoms with E-state index in [9.17, 15) is 18.4 Å². The van der Waals surface area contributed by atoms with Crippen LogP contribution in [0.15, 0.2) is 48.8 Å². The second-order valence-electron chi connectivity index (χ2n) is 10.6. The molecule has 3 heterocycles. The highest BCUT2D eigenvalue weighted by Gasteiger charge is 2.36. The second kappa shape index (κ2) is 12.2. The van der Waals surface area contributed by atoms with E-state index in [-0.39, 0.29) is 17.8 Å². The molecule has 2 aliphatic rings. The molecule has 0 aliphatic carbocycles. The van der Waals surface area contributed by atoms with Gasteiger partial charge in [-0.15, -0.1) is 0 Å². The molecule has 0 bridgehead atoms. The van der Waals surface area contributed by atoms with E-state index in [0.717, 1.165) is 48.8 Å². The number of rotatable bonds is 8. The molecule has 5 rings (SSSR count). The van der Waals surface area contributed by atoms with Crippen molar-refractivity contribution in [2.24, 2.45) is 11.8 Å². The number of benzene rings is 2. The summed E-state index contributed by atoms with van der Waals surface area (Å²) in [6, 6.07) is 9.79. The molecule has 3 aromatic rings. The number of hydrogen-bond acceptors (Lipinski definition) is 6. The molecule has 8 nitrogen and oxygen atoms in total. The van der Waals surface area contributed by atoms with Gasteiger partial charge in [-0.2, -0.15) is 0 Å². The molecule has 0 saturated carbocycles. The molecule has 212 valence electrons. The largest absolute Gasteiger partial charge is 0.466 e. The Labute approximate surface area is 232 Å². The number of nitrogens with one attached hydrogen (secondary N) is 2. The molecule has 2 aromatic carbocycles. The van der Waals surface area contributed by atoms with Gasteiger partial charge in [-0.1, -0.05) is 18.2 Å². The van der Waals surface area contributed by atoms with E-state index >= 15 is 0 Å². The molecule has 2 aliphatic heterocycles. The lowest BCUT2D eigenvalue weighted by Gasteiger charge is -2.34. The van der Waals surface area contributed by atoms with Crippen LogP contribution in [0.2, 0.25) is 0 Å². The van der Waals surface area contributed by atoms with Crippen LogP contribution in [-0.2, 0) is 20.9 Å². The lowest BCUT2D eigenvalue weighted by Crippen LogP contribution is -2.37. The summed E-state index contributed by atoms with van der Waals surface area (Å²) in [4.78, 5) is 32.2. The molecule has 40 heavy (non-hydrogen) atoms. The van der Waals surface area contributed by atoms with Crippen molar-refractivity contribution in [1.29, 1.82) is 0 Å². The van der Waals surface area contributed by atoms with Gasteiger partial charge in [-0.3, -0.25) is 14.9 Å². The van der Waals surface area contributed by atoms with Gasteiger partial charge < -0.3 is 19.5 Å². The van der Waals surface area contributed by atoms with Crippen LogP contribution in [0.25, 0.3) is 0 Å². The summed E-state index contributed by atoms with van der Waals surface area (Å²) in [5.41, 5.74) is 3.63. The molecule has 1 aromatic heterocycles. The molecule has 2 saturated heterocycles. The van der Waals surface area contributed by atoms with Gasteiger partial charge in [0.25, 0.3) is 0 Å². The van der Waals surface area contributed by atoms with Crippen molar-refractivity contribution in [2.75, 3.05) is 43.0 Å². The Hall–Kier alpha value is -3.79.